The van der Waals surface area contributed by atoms with E-state index in [4.69, 9.17) is 0 Å². The molecule has 0 unspecified atom stereocenters. The first-order chi connectivity index (χ1) is 13.5. The number of nitrogens with zero attached hydrogens (tertiary/aromatic N) is 3. The zero-order valence-electron chi connectivity index (χ0n) is 16.8. The monoisotopic (exact) mass is 374 g/mol. The molecule has 0 aliphatic rings. The summed E-state index contributed by atoms with van der Waals surface area (Å²) in [6.07, 6.45) is 3.18. The third-order valence-electron chi connectivity index (χ3n) is 4.70. The van der Waals surface area contributed by atoms with Gasteiger partial charge in [-0.15, -0.1) is 0 Å². The number of amides is 1. The van der Waals surface area contributed by atoms with Crippen molar-refractivity contribution in [3.05, 3.63) is 83.2 Å². The van der Waals surface area contributed by atoms with E-state index in [0.717, 1.165) is 22.4 Å². The van der Waals surface area contributed by atoms with E-state index < -0.39 is 0 Å². The SMILES string of the molecule is Cc1cccc(C)c1Nc1ncc(C(=O)N(Cc2ccccc2)C(C)C)cn1. The van der Waals surface area contributed by atoms with Gasteiger partial charge in [0, 0.05) is 30.7 Å². The van der Waals surface area contributed by atoms with Gasteiger partial charge in [-0.1, -0.05) is 48.5 Å². The van der Waals surface area contributed by atoms with Gasteiger partial charge >= 0.3 is 0 Å². The highest BCUT2D eigenvalue weighted by atomic mass is 16.2. The Morgan fingerprint density at radius 2 is 1.57 bits per heavy atom. The Kier molecular flexibility index (Phi) is 6.04. The predicted molar refractivity (Wildman–Crippen MR) is 113 cm³/mol. The summed E-state index contributed by atoms with van der Waals surface area (Å²) in [6, 6.07) is 16.2. The van der Waals surface area contributed by atoms with Crippen molar-refractivity contribution in [2.75, 3.05) is 5.32 Å². The van der Waals surface area contributed by atoms with E-state index in [1.54, 1.807) is 12.4 Å². The third kappa shape index (κ3) is 4.55. The fourth-order valence-corrected chi connectivity index (χ4v) is 3.06. The lowest BCUT2D eigenvalue weighted by Gasteiger charge is -2.27. The van der Waals surface area contributed by atoms with Gasteiger partial charge in [-0.2, -0.15) is 0 Å². The number of para-hydroxylation sites is 1. The maximum Gasteiger partial charge on any atom is 0.257 e. The summed E-state index contributed by atoms with van der Waals surface area (Å²) in [5, 5.41) is 3.25. The van der Waals surface area contributed by atoms with Crippen LogP contribution in [0.4, 0.5) is 11.6 Å². The van der Waals surface area contributed by atoms with Crippen molar-refractivity contribution in [3.8, 4) is 0 Å². The van der Waals surface area contributed by atoms with Crippen LogP contribution in [0, 0.1) is 13.8 Å². The molecule has 5 heteroatoms. The molecule has 2 aromatic carbocycles. The number of aryl methyl sites for hydroxylation is 2. The average molecular weight is 374 g/mol. The van der Waals surface area contributed by atoms with Gasteiger partial charge in [0.25, 0.3) is 5.91 Å². The van der Waals surface area contributed by atoms with Crippen LogP contribution < -0.4 is 5.32 Å². The maximum absolute atomic E-state index is 13.0. The average Bonchev–Trinajstić information content (AvgIpc) is 2.69. The van der Waals surface area contributed by atoms with Gasteiger partial charge in [-0.3, -0.25) is 4.79 Å². The molecular weight excluding hydrogens is 348 g/mol. The molecule has 3 rings (SSSR count). The lowest BCUT2D eigenvalue weighted by Crippen LogP contribution is -2.36. The maximum atomic E-state index is 13.0. The molecular formula is C23H26N4O. The molecule has 0 spiro atoms. The Morgan fingerprint density at radius 3 is 2.14 bits per heavy atom. The van der Waals surface area contributed by atoms with Gasteiger partial charge in [-0.25, -0.2) is 9.97 Å². The molecule has 3 aromatic rings. The number of anilines is 2. The van der Waals surface area contributed by atoms with Crippen LogP contribution in [0.5, 0.6) is 0 Å². The Balaban J connectivity index is 1.76. The van der Waals surface area contributed by atoms with E-state index >= 15 is 0 Å². The molecule has 1 amide bonds. The van der Waals surface area contributed by atoms with Crippen molar-refractivity contribution in [2.24, 2.45) is 0 Å². The minimum absolute atomic E-state index is 0.0696. The Labute approximate surface area is 166 Å². The second-order valence-electron chi connectivity index (χ2n) is 7.20. The number of carbonyl (C=O) groups excluding carboxylic acids is 1. The van der Waals surface area contributed by atoms with Gasteiger partial charge in [0.1, 0.15) is 0 Å². The van der Waals surface area contributed by atoms with E-state index in [1.165, 1.54) is 0 Å². The van der Waals surface area contributed by atoms with Crippen molar-refractivity contribution in [1.82, 2.24) is 14.9 Å². The van der Waals surface area contributed by atoms with E-state index in [-0.39, 0.29) is 11.9 Å². The lowest BCUT2D eigenvalue weighted by atomic mass is 10.1. The first-order valence-electron chi connectivity index (χ1n) is 9.46. The summed E-state index contributed by atoms with van der Waals surface area (Å²) < 4.78 is 0. The summed E-state index contributed by atoms with van der Waals surface area (Å²) in [6.45, 7) is 8.66. The summed E-state index contributed by atoms with van der Waals surface area (Å²) in [4.78, 5) is 23.5. The molecule has 0 radical (unpaired) electrons. The number of nitrogens with one attached hydrogen (secondary N) is 1. The van der Waals surface area contributed by atoms with Crippen LogP contribution in [0.15, 0.2) is 60.9 Å². The van der Waals surface area contributed by atoms with Crippen molar-refractivity contribution in [1.29, 1.82) is 0 Å². The lowest BCUT2D eigenvalue weighted by molar-refractivity contribution is 0.0689. The summed E-state index contributed by atoms with van der Waals surface area (Å²) >= 11 is 0. The smallest absolute Gasteiger partial charge is 0.257 e. The van der Waals surface area contributed by atoms with Crippen LogP contribution in [0.1, 0.15) is 40.9 Å². The first kappa shape index (κ1) is 19.5. The molecule has 5 nitrogen and oxygen atoms in total. The van der Waals surface area contributed by atoms with Crippen molar-refractivity contribution in [3.63, 3.8) is 0 Å². The highest BCUT2D eigenvalue weighted by Crippen LogP contribution is 2.22. The molecule has 0 saturated carbocycles. The minimum atomic E-state index is -0.0718. The first-order valence-corrected chi connectivity index (χ1v) is 9.46. The second-order valence-corrected chi connectivity index (χ2v) is 7.20. The van der Waals surface area contributed by atoms with Gasteiger partial charge in [-0.05, 0) is 44.4 Å². The highest BCUT2D eigenvalue weighted by Gasteiger charge is 2.20. The quantitative estimate of drug-likeness (QED) is 0.667. The number of rotatable bonds is 6. The fraction of sp³-hybridized carbons (Fsp3) is 0.261. The second kappa shape index (κ2) is 8.65. The standard InChI is InChI=1S/C23H26N4O/c1-16(2)27(15-19-11-6-5-7-12-19)22(28)20-13-24-23(25-14-20)26-21-17(3)9-8-10-18(21)4/h5-14,16H,15H2,1-4H3,(H,24,25,26). The van der Waals surface area contributed by atoms with Crippen molar-refractivity contribution < 1.29 is 4.79 Å². The molecule has 28 heavy (non-hydrogen) atoms. The number of aromatic nitrogens is 2. The van der Waals surface area contributed by atoms with Gasteiger partial charge in [0.05, 0.1) is 5.56 Å². The Bertz CT molecular complexity index is 916. The molecule has 0 atom stereocenters. The fourth-order valence-electron chi connectivity index (χ4n) is 3.06. The van der Waals surface area contributed by atoms with E-state index in [2.05, 4.69) is 15.3 Å². The van der Waals surface area contributed by atoms with E-state index in [9.17, 15) is 4.79 Å². The van der Waals surface area contributed by atoms with Crippen LogP contribution in [-0.4, -0.2) is 26.8 Å². The van der Waals surface area contributed by atoms with Gasteiger partial charge in [0.2, 0.25) is 5.95 Å². The minimum Gasteiger partial charge on any atom is -0.332 e. The number of hydrogen-bond acceptors (Lipinski definition) is 4. The summed E-state index contributed by atoms with van der Waals surface area (Å²) in [5.74, 6) is 0.408. The van der Waals surface area contributed by atoms with Crippen LogP contribution in [0.2, 0.25) is 0 Å². The third-order valence-corrected chi connectivity index (χ3v) is 4.70. The molecule has 1 heterocycles. The highest BCUT2D eigenvalue weighted by molar-refractivity contribution is 5.94. The summed E-state index contributed by atoms with van der Waals surface area (Å²) in [5.41, 5.74) is 4.82. The number of benzene rings is 2. The van der Waals surface area contributed by atoms with E-state index in [0.29, 0.717) is 18.1 Å². The molecule has 0 bridgehead atoms. The zero-order chi connectivity index (χ0) is 20.1. The molecule has 0 fully saturated rings. The molecule has 0 aliphatic carbocycles. The van der Waals surface area contributed by atoms with Crippen LogP contribution in [0.25, 0.3) is 0 Å². The van der Waals surface area contributed by atoms with Gasteiger partial charge in [0.15, 0.2) is 0 Å². The topological polar surface area (TPSA) is 58.1 Å². The Hall–Kier alpha value is -3.21. The largest absolute Gasteiger partial charge is 0.332 e. The van der Waals surface area contributed by atoms with Crippen molar-refractivity contribution >= 4 is 17.5 Å². The molecule has 0 saturated heterocycles. The Morgan fingerprint density at radius 1 is 0.964 bits per heavy atom. The molecule has 0 aliphatic heterocycles. The number of hydrogen-bond donors (Lipinski definition) is 1. The van der Waals surface area contributed by atoms with Crippen molar-refractivity contribution in [2.45, 2.75) is 40.3 Å². The summed E-state index contributed by atoms with van der Waals surface area (Å²) in [7, 11) is 0. The van der Waals surface area contributed by atoms with Crippen LogP contribution in [0.3, 0.4) is 0 Å². The van der Waals surface area contributed by atoms with Crippen LogP contribution in [-0.2, 0) is 6.54 Å². The number of carbonyl (C=O) groups is 1. The zero-order valence-corrected chi connectivity index (χ0v) is 16.8. The molecule has 1 aromatic heterocycles. The normalized spacial score (nSPS) is 10.8. The molecule has 1 N–H and O–H groups in total. The molecule has 144 valence electrons. The predicted octanol–water partition coefficient (Wildman–Crippen LogP) is 4.89. The van der Waals surface area contributed by atoms with Crippen LogP contribution >= 0.6 is 0 Å². The van der Waals surface area contributed by atoms with E-state index in [1.807, 2.05) is 81.1 Å². The van der Waals surface area contributed by atoms with Gasteiger partial charge < -0.3 is 10.2 Å².